The van der Waals surface area contributed by atoms with Gasteiger partial charge >= 0.3 is 0 Å². The molecule has 0 aliphatic heterocycles. The first-order valence-corrected chi connectivity index (χ1v) is 4.55. The molecule has 5 nitrogen and oxygen atoms in total. The third-order valence-electron chi connectivity index (χ3n) is 2.33. The summed E-state index contributed by atoms with van der Waals surface area (Å²) in [5.74, 6) is 0.249. The predicted octanol–water partition coefficient (Wildman–Crippen LogP) is 2.08. The van der Waals surface area contributed by atoms with Crippen LogP contribution >= 0.6 is 0 Å². The van der Waals surface area contributed by atoms with Crippen molar-refractivity contribution in [2.24, 2.45) is 5.18 Å². The first kappa shape index (κ1) is 11.5. The Balaban J connectivity index is 3.28. The quantitative estimate of drug-likeness (QED) is 0.746. The molecule has 0 bridgehead atoms. The molecule has 15 heavy (non-hydrogen) atoms. The highest BCUT2D eigenvalue weighted by molar-refractivity contribution is 5.57. The first-order valence-electron chi connectivity index (χ1n) is 4.55. The molecule has 0 fully saturated rings. The van der Waals surface area contributed by atoms with Crippen molar-refractivity contribution in [3.63, 3.8) is 0 Å². The Morgan fingerprint density at radius 2 is 2.20 bits per heavy atom. The number of rotatable bonds is 4. The van der Waals surface area contributed by atoms with Gasteiger partial charge in [0.05, 0.1) is 7.11 Å². The fourth-order valence-corrected chi connectivity index (χ4v) is 1.32. The molecule has 1 aromatic rings. The average molecular weight is 210 g/mol. The van der Waals surface area contributed by atoms with Gasteiger partial charge < -0.3 is 15.2 Å². The van der Waals surface area contributed by atoms with Crippen LogP contribution in [0.2, 0.25) is 0 Å². The minimum Gasteiger partial charge on any atom is -0.504 e. The van der Waals surface area contributed by atoms with Gasteiger partial charge in [0.25, 0.3) is 0 Å². The largest absolute Gasteiger partial charge is 0.504 e. The highest BCUT2D eigenvalue weighted by Crippen LogP contribution is 2.36. The Labute approximate surface area is 88.0 Å². The molecule has 0 saturated carbocycles. The van der Waals surface area contributed by atoms with E-state index in [0.29, 0.717) is 11.3 Å². The van der Waals surface area contributed by atoms with E-state index < -0.39 is 0 Å². The van der Waals surface area contributed by atoms with Crippen LogP contribution in [0.4, 0.5) is 5.69 Å². The molecule has 0 radical (unpaired) electrons. The van der Waals surface area contributed by atoms with E-state index in [2.05, 4.69) is 10.5 Å². The molecule has 0 aliphatic rings. The van der Waals surface area contributed by atoms with Crippen LogP contribution in [0.5, 0.6) is 11.5 Å². The third kappa shape index (κ3) is 2.24. The molecule has 1 atom stereocenters. The monoisotopic (exact) mass is 210 g/mol. The number of methoxy groups -OCH3 is 1. The number of nitrogens with zero attached hydrogens (tertiary/aromatic N) is 1. The lowest BCUT2D eigenvalue weighted by Crippen LogP contribution is -2.12. The molecule has 1 aromatic carbocycles. The van der Waals surface area contributed by atoms with Gasteiger partial charge in [0.1, 0.15) is 5.69 Å². The molecule has 0 amide bonds. The molecular formula is C10H14N2O3. The summed E-state index contributed by atoms with van der Waals surface area (Å²) in [6, 6.07) is 2.87. The van der Waals surface area contributed by atoms with Crippen LogP contribution in [0.3, 0.4) is 0 Å². The van der Waals surface area contributed by atoms with Gasteiger partial charge in [-0.05, 0) is 25.2 Å². The summed E-state index contributed by atoms with van der Waals surface area (Å²) in [5, 5.41) is 15.3. The van der Waals surface area contributed by atoms with E-state index in [4.69, 9.17) is 4.74 Å². The van der Waals surface area contributed by atoms with Crippen molar-refractivity contribution in [2.45, 2.75) is 13.0 Å². The maximum absolute atomic E-state index is 10.6. The Morgan fingerprint density at radius 1 is 1.53 bits per heavy atom. The molecule has 0 saturated heterocycles. The van der Waals surface area contributed by atoms with Crippen LogP contribution in [0.15, 0.2) is 17.3 Å². The Morgan fingerprint density at radius 3 is 2.67 bits per heavy atom. The lowest BCUT2D eigenvalue weighted by molar-refractivity contribution is 0.372. The van der Waals surface area contributed by atoms with Crippen molar-refractivity contribution in [3.05, 3.63) is 22.6 Å². The van der Waals surface area contributed by atoms with Crippen molar-refractivity contribution < 1.29 is 9.84 Å². The zero-order chi connectivity index (χ0) is 11.4. The van der Waals surface area contributed by atoms with E-state index in [1.807, 2.05) is 6.92 Å². The zero-order valence-corrected chi connectivity index (χ0v) is 8.94. The molecule has 0 aromatic heterocycles. The molecular weight excluding hydrogens is 196 g/mol. The van der Waals surface area contributed by atoms with Crippen LogP contribution < -0.4 is 10.1 Å². The van der Waals surface area contributed by atoms with Crippen LogP contribution in [0, 0.1) is 4.91 Å². The van der Waals surface area contributed by atoms with Gasteiger partial charge in [0.15, 0.2) is 11.5 Å². The Hall–Kier alpha value is -1.62. The summed E-state index contributed by atoms with van der Waals surface area (Å²) in [4.78, 5) is 10.6. The van der Waals surface area contributed by atoms with Gasteiger partial charge in [-0.2, -0.15) is 0 Å². The molecule has 82 valence electrons. The molecule has 1 unspecified atom stereocenters. The van der Waals surface area contributed by atoms with Crippen molar-refractivity contribution in [3.8, 4) is 11.5 Å². The molecule has 0 aliphatic carbocycles. The fourth-order valence-electron chi connectivity index (χ4n) is 1.32. The highest BCUT2D eigenvalue weighted by Gasteiger charge is 2.14. The van der Waals surface area contributed by atoms with Crippen LogP contribution in [0.25, 0.3) is 0 Å². The Kier molecular flexibility index (Phi) is 3.62. The normalized spacial score (nSPS) is 12.2. The number of nitroso groups, excluding NO2 is 1. The van der Waals surface area contributed by atoms with E-state index in [0.717, 1.165) is 0 Å². The van der Waals surface area contributed by atoms with E-state index >= 15 is 0 Å². The average Bonchev–Trinajstić information content (AvgIpc) is 2.27. The highest BCUT2D eigenvalue weighted by atomic mass is 16.5. The van der Waals surface area contributed by atoms with Gasteiger partial charge in [0.2, 0.25) is 0 Å². The van der Waals surface area contributed by atoms with Crippen LogP contribution in [-0.2, 0) is 0 Å². The number of ether oxygens (including phenoxy) is 1. The van der Waals surface area contributed by atoms with Crippen molar-refractivity contribution in [1.82, 2.24) is 5.32 Å². The SMILES string of the molecule is CNC(C)c1cc(OC)c(O)cc1N=O. The van der Waals surface area contributed by atoms with Crippen molar-refractivity contribution >= 4 is 5.69 Å². The van der Waals surface area contributed by atoms with E-state index in [-0.39, 0.29) is 17.5 Å². The number of nitrogens with one attached hydrogen (secondary N) is 1. The van der Waals surface area contributed by atoms with Crippen molar-refractivity contribution in [1.29, 1.82) is 0 Å². The smallest absolute Gasteiger partial charge is 0.160 e. The van der Waals surface area contributed by atoms with Gasteiger partial charge in [-0.3, -0.25) is 0 Å². The maximum atomic E-state index is 10.6. The topological polar surface area (TPSA) is 70.9 Å². The first-order chi connectivity index (χ1) is 7.13. The van der Waals surface area contributed by atoms with Crippen LogP contribution in [0.1, 0.15) is 18.5 Å². The minimum atomic E-state index is -0.0841. The second-order valence-electron chi connectivity index (χ2n) is 3.18. The molecule has 0 spiro atoms. The number of phenolic OH excluding ortho intramolecular Hbond substituents is 1. The summed E-state index contributed by atoms with van der Waals surface area (Å²) >= 11 is 0. The summed E-state index contributed by atoms with van der Waals surface area (Å²) in [5.41, 5.74) is 0.914. The van der Waals surface area contributed by atoms with E-state index in [1.54, 1.807) is 13.1 Å². The van der Waals surface area contributed by atoms with Gasteiger partial charge in [-0.25, -0.2) is 0 Å². The number of benzene rings is 1. The molecule has 0 heterocycles. The summed E-state index contributed by atoms with van der Waals surface area (Å²) in [6.45, 7) is 1.89. The number of hydrogen-bond acceptors (Lipinski definition) is 5. The van der Waals surface area contributed by atoms with Crippen molar-refractivity contribution in [2.75, 3.05) is 14.2 Å². The number of aromatic hydroxyl groups is 1. The standard InChI is InChI=1S/C10H14N2O3/c1-6(11-2)7-4-10(15-3)9(13)5-8(7)12-14/h4-6,11,13H,1-3H3. The third-order valence-corrected chi connectivity index (χ3v) is 2.33. The Bertz CT molecular complexity index is 366. The number of phenols is 1. The van der Waals surface area contributed by atoms with Gasteiger partial charge in [-0.1, -0.05) is 0 Å². The predicted molar refractivity (Wildman–Crippen MR) is 57.6 cm³/mol. The lowest BCUT2D eigenvalue weighted by atomic mass is 10.1. The zero-order valence-electron chi connectivity index (χ0n) is 8.94. The minimum absolute atomic E-state index is 0.0350. The van der Waals surface area contributed by atoms with E-state index in [9.17, 15) is 10.0 Å². The second kappa shape index (κ2) is 4.75. The van der Waals surface area contributed by atoms with Gasteiger partial charge in [0, 0.05) is 17.7 Å². The maximum Gasteiger partial charge on any atom is 0.160 e. The fraction of sp³-hybridized carbons (Fsp3) is 0.400. The summed E-state index contributed by atoms with van der Waals surface area (Å²) < 4.78 is 4.96. The summed E-state index contributed by atoms with van der Waals surface area (Å²) in [6.07, 6.45) is 0. The molecule has 5 heteroatoms. The number of hydrogen-bond donors (Lipinski definition) is 2. The lowest BCUT2D eigenvalue weighted by Gasteiger charge is -2.14. The molecule has 2 N–H and O–H groups in total. The summed E-state index contributed by atoms with van der Waals surface area (Å²) in [7, 11) is 3.23. The second-order valence-corrected chi connectivity index (χ2v) is 3.18. The van der Waals surface area contributed by atoms with Crippen LogP contribution in [-0.4, -0.2) is 19.3 Å². The van der Waals surface area contributed by atoms with Gasteiger partial charge in [-0.15, -0.1) is 4.91 Å². The van der Waals surface area contributed by atoms with E-state index in [1.165, 1.54) is 13.2 Å². The molecule has 1 rings (SSSR count).